The molecule has 1 atom stereocenters. The lowest BCUT2D eigenvalue weighted by Crippen LogP contribution is -2.42. The van der Waals surface area contributed by atoms with Crippen LogP contribution in [-0.2, 0) is 19.1 Å². The summed E-state index contributed by atoms with van der Waals surface area (Å²) >= 11 is 0. The minimum Gasteiger partial charge on any atom is -0.376 e. The Morgan fingerprint density at radius 1 is 1.37 bits per heavy atom. The van der Waals surface area contributed by atoms with Crippen LogP contribution in [0.4, 0.5) is 5.82 Å². The molecule has 0 saturated carbocycles. The van der Waals surface area contributed by atoms with E-state index in [1.807, 2.05) is 0 Å². The number of nitrogens with one attached hydrogen (secondary N) is 2. The summed E-state index contributed by atoms with van der Waals surface area (Å²) < 4.78 is 10.3. The molecule has 1 fully saturated rings. The molecule has 1 aliphatic rings. The third-order valence-electron chi connectivity index (χ3n) is 4.05. The maximum atomic E-state index is 12.3. The number of carbonyl (C=O) groups is 3. The van der Waals surface area contributed by atoms with Gasteiger partial charge in [-0.3, -0.25) is 14.4 Å². The van der Waals surface area contributed by atoms with Crippen LogP contribution in [-0.4, -0.2) is 60.1 Å². The predicted octanol–water partition coefficient (Wildman–Crippen LogP) is 1.01. The fourth-order valence-electron chi connectivity index (χ4n) is 2.68. The van der Waals surface area contributed by atoms with Crippen LogP contribution in [0.5, 0.6) is 0 Å². The second kappa shape index (κ2) is 10.5. The first kappa shape index (κ1) is 20.6. The van der Waals surface area contributed by atoms with Crippen LogP contribution in [0.25, 0.3) is 0 Å². The molecule has 0 bridgehead atoms. The molecule has 1 aromatic heterocycles. The molecule has 2 heterocycles. The highest BCUT2D eigenvalue weighted by molar-refractivity contribution is 5.93. The smallest absolute Gasteiger partial charge is 0.239 e. The molecule has 3 amide bonds. The van der Waals surface area contributed by atoms with Crippen LogP contribution in [0.15, 0.2) is 23.2 Å². The van der Waals surface area contributed by atoms with Crippen LogP contribution < -0.4 is 10.6 Å². The van der Waals surface area contributed by atoms with Gasteiger partial charge in [-0.1, -0.05) is 11.2 Å². The summed E-state index contributed by atoms with van der Waals surface area (Å²) in [6.45, 7) is 6.63. The van der Waals surface area contributed by atoms with E-state index in [1.54, 1.807) is 19.1 Å². The lowest BCUT2D eigenvalue weighted by molar-refractivity contribution is -0.136. The van der Waals surface area contributed by atoms with E-state index in [9.17, 15) is 14.4 Å². The summed E-state index contributed by atoms with van der Waals surface area (Å²) in [6, 6.07) is 1.59. The summed E-state index contributed by atoms with van der Waals surface area (Å²) in [5.41, 5.74) is 0. The molecule has 2 rings (SSSR count). The number of ether oxygens (including phenoxy) is 1. The zero-order valence-corrected chi connectivity index (χ0v) is 15.5. The van der Waals surface area contributed by atoms with E-state index in [1.165, 1.54) is 4.90 Å². The average Bonchev–Trinajstić information content (AvgIpc) is 3.29. The highest BCUT2D eigenvalue weighted by Crippen LogP contribution is 2.11. The van der Waals surface area contributed by atoms with Crippen molar-refractivity contribution < 1.29 is 23.6 Å². The first-order chi connectivity index (χ1) is 13.0. The van der Waals surface area contributed by atoms with Crippen LogP contribution in [0.1, 0.15) is 31.4 Å². The van der Waals surface area contributed by atoms with E-state index >= 15 is 0 Å². The Morgan fingerprint density at radius 2 is 2.19 bits per heavy atom. The van der Waals surface area contributed by atoms with Gasteiger partial charge in [0.1, 0.15) is 5.76 Å². The predicted molar refractivity (Wildman–Crippen MR) is 97.9 cm³/mol. The van der Waals surface area contributed by atoms with Crippen molar-refractivity contribution in [2.24, 2.45) is 0 Å². The Labute approximate surface area is 158 Å². The van der Waals surface area contributed by atoms with Crippen LogP contribution in [0, 0.1) is 6.92 Å². The third kappa shape index (κ3) is 7.22. The number of amides is 3. The number of anilines is 1. The fraction of sp³-hybridized carbons (Fsp3) is 0.556. The van der Waals surface area contributed by atoms with Gasteiger partial charge < -0.3 is 24.8 Å². The van der Waals surface area contributed by atoms with Crippen LogP contribution >= 0.6 is 0 Å². The van der Waals surface area contributed by atoms with Gasteiger partial charge in [-0.25, -0.2) is 0 Å². The van der Waals surface area contributed by atoms with Gasteiger partial charge in [0.05, 0.1) is 12.6 Å². The summed E-state index contributed by atoms with van der Waals surface area (Å²) in [7, 11) is 0. The van der Waals surface area contributed by atoms with E-state index in [-0.39, 0.29) is 49.8 Å². The number of rotatable bonds is 10. The van der Waals surface area contributed by atoms with Gasteiger partial charge in [0.2, 0.25) is 17.7 Å². The fourth-order valence-corrected chi connectivity index (χ4v) is 2.68. The zero-order valence-electron chi connectivity index (χ0n) is 15.5. The van der Waals surface area contributed by atoms with Gasteiger partial charge in [-0.05, 0) is 19.8 Å². The molecule has 1 aliphatic heterocycles. The first-order valence-corrected chi connectivity index (χ1v) is 8.98. The Balaban J connectivity index is 1.74. The summed E-state index contributed by atoms with van der Waals surface area (Å²) in [5.74, 6) is -0.0242. The van der Waals surface area contributed by atoms with E-state index in [0.717, 1.165) is 19.4 Å². The van der Waals surface area contributed by atoms with Crippen molar-refractivity contribution in [3.05, 3.63) is 24.5 Å². The molecule has 0 unspecified atom stereocenters. The van der Waals surface area contributed by atoms with Crippen molar-refractivity contribution in [2.75, 3.05) is 31.6 Å². The Morgan fingerprint density at radius 3 is 2.81 bits per heavy atom. The molecular formula is C18H26N4O5. The van der Waals surface area contributed by atoms with Gasteiger partial charge in [0.25, 0.3) is 0 Å². The molecule has 0 aromatic carbocycles. The van der Waals surface area contributed by atoms with Crippen molar-refractivity contribution in [1.82, 2.24) is 15.4 Å². The monoisotopic (exact) mass is 378 g/mol. The molecule has 0 spiro atoms. The van der Waals surface area contributed by atoms with Gasteiger partial charge >= 0.3 is 0 Å². The highest BCUT2D eigenvalue weighted by atomic mass is 16.5. The van der Waals surface area contributed by atoms with Crippen LogP contribution in [0.2, 0.25) is 0 Å². The average molecular weight is 378 g/mol. The Bertz CT molecular complexity index is 666. The molecule has 0 aliphatic carbocycles. The summed E-state index contributed by atoms with van der Waals surface area (Å²) in [6.07, 6.45) is 3.48. The van der Waals surface area contributed by atoms with Gasteiger partial charge in [0, 0.05) is 38.6 Å². The van der Waals surface area contributed by atoms with E-state index in [2.05, 4.69) is 22.4 Å². The van der Waals surface area contributed by atoms with Crippen molar-refractivity contribution >= 4 is 23.5 Å². The number of nitrogens with zero attached hydrogens (tertiary/aromatic N) is 2. The van der Waals surface area contributed by atoms with Crippen molar-refractivity contribution in [3.8, 4) is 0 Å². The number of carbonyl (C=O) groups excluding carboxylic acids is 3. The third-order valence-corrected chi connectivity index (χ3v) is 4.05. The minimum absolute atomic E-state index is 0.0179. The van der Waals surface area contributed by atoms with Gasteiger partial charge in [-0.2, -0.15) is 0 Å². The molecule has 27 heavy (non-hydrogen) atoms. The van der Waals surface area contributed by atoms with E-state index < -0.39 is 0 Å². The molecule has 1 aromatic rings. The maximum Gasteiger partial charge on any atom is 0.239 e. The normalized spacial score (nSPS) is 16.0. The maximum absolute atomic E-state index is 12.3. The number of aromatic nitrogens is 1. The molecule has 148 valence electrons. The largest absolute Gasteiger partial charge is 0.376 e. The molecule has 9 heteroatoms. The topological polar surface area (TPSA) is 114 Å². The molecule has 2 N–H and O–H groups in total. The highest BCUT2D eigenvalue weighted by Gasteiger charge is 2.20. The van der Waals surface area contributed by atoms with Crippen molar-refractivity contribution in [1.29, 1.82) is 0 Å². The van der Waals surface area contributed by atoms with Crippen molar-refractivity contribution in [3.63, 3.8) is 0 Å². The molecule has 9 nitrogen and oxygen atoms in total. The van der Waals surface area contributed by atoms with Gasteiger partial charge in [0.15, 0.2) is 5.82 Å². The molecule has 1 saturated heterocycles. The SMILES string of the molecule is C=CCN(CC(=O)NC[C@H]1CCCO1)C(=O)CCC(=O)Nc1cc(C)on1. The lowest BCUT2D eigenvalue weighted by atomic mass is 10.2. The summed E-state index contributed by atoms with van der Waals surface area (Å²) in [4.78, 5) is 37.7. The summed E-state index contributed by atoms with van der Waals surface area (Å²) in [5, 5.41) is 8.99. The first-order valence-electron chi connectivity index (χ1n) is 8.98. The minimum atomic E-state index is -0.349. The number of hydrogen-bond acceptors (Lipinski definition) is 6. The number of aryl methyl sites for hydroxylation is 1. The van der Waals surface area contributed by atoms with Crippen molar-refractivity contribution in [2.45, 2.75) is 38.7 Å². The zero-order chi connectivity index (χ0) is 19.6. The van der Waals surface area contributed by atoms with Crippen LogP contribution in [0.3, 0.4) is 0 Å². The number of hydrogen-bond donors (Lipinski definition) is 2. The Hall–Kier alpha value is -2.68. The molecule has 0 radical (unpaired) electrons. The second-order valence-corrected chi connectivity index (χ2v) is 6.37. The standard InChI is InChI=1S/C18H26N4O5/c1-3-8-22(12-17(24)19-11-14-5-4-9-26-14)18(25)7-6-16(23)20-15-10-13(2)27-21-15/h3,10,14H,1,4-9,11-12H2,2H3,(H,19,24)(H,20,21,23)/t14-/m1/s1. The molecular weight excluding hydrogens is 352 g/mol. The Kier molecular flexibility index (Phi) is 8.00. The van der Waals surface area contributed by atoms with E-state index in [4.69, 9.17) is 9.26 Å². The quantitative estimate of drug-likeness (QED) is 0.588. The van der Waals surface area contributed by atoms with E-state index in [0.29, 0.717) is 18.1 Å². The second-order valence-electron chi connectivity index (χ2n) is 6.37. The lowest BCUT2D eigenvalue weighted by Gasteiger charge is -2.21. The van der Waals surface area contributed by atoms with Gasteiger partial charge in [-0.15, -0.1) is 6.58 Å².